The average molecular weight is 272 g/mol. The fraction of sp³-hybridized carbons (Fsp3) is 0.333. The zero-order valence-electron chi connectivity index (χ0n) is 12.1. The third kappa shape index (κ3) is 3.17. The van der Waals surface area contributed by atoms with E-state index in [2.05, 4.69) is 10.4 Å². The van der Waals surface area contributed by atoms with Crippen LogP contribution in [0.15, 0.2) is 24.3 Å². The van der Waals surface area contributed by atoms with Gasteiger partial charge in [-0.3, -0.25) is 9.48 Å². The molecule has 0 saturated heterocycles. The second-order valence-corrected chi connectivity index (χ2v) is 4.94. The zero-order chi connectivity index (χ0) is 14.7. The normalized spacial score (nSPS) is 10.6. The molecule has 3 N–H and O–H groups in total. The van der Waals surface area contributed by atoms with Gasteiger partial charge in [0.05, 0.1) is 5.69 Å². The highest BCUT2D eigenvalue weighted by atomic mass is 16.1. The molecule has 0 unspecified atom stereocenters. The van der Waals surface area contributed by atoms with E-state index in [1.807, 2.05) is 25.5 Å². The van der Waals surface area contributed by atoms with Gasteiger partial charge in [0.2, 0.25) is 5.91 Å². The molecule has 5 nitrogen and oxygen atoms in total. The molecule has 2 aromatic rings. The largest absolute Gasteiger partial charge is 0.399 e. The SMILES string of the molecule is Cc1nn(CCC(=O)Nc2ccc(N)cc2)c(C)c1C. The smallest absolute Gasteiger partial charge is 0.226 e. The van der Waals surface area contributed by atoms with Gasteiger partial charge in [-0.15, -0.1) is 0 Å². The van der Waals surface area contributed by atoms with Gasteiger partial charge in [-0.1, -0.05) is 0 Å². The summed E-state index contributed by atoms with van der Waals surface area (Å²) in [7, 11) is 0. The summed E-state index contributed by atoms with van der Waals surface area (Å²) >= 11 is 0. The van der Waals surface area contributed by atoms with Gasteiger partial charge in [0, 0.05) is 30.0 Å². The summed E-state index contributed by atoms with van der Waals surface area (Å²) in [6.45, 7) is 6.63. The van der Waals surface area contributed by atoms with E-state index in [4.69, 9.17) is 5.73 Å². The van der Waals surface area contributed by atoms with Gasteiger partial charge in [0.15, 0.2) is 0 Å². The highest BCUT2D eigenvalue weighted by Crippen LogP contribution is 2.13. The molecular weight excluding hydrogens is 252 g/mol. The Balaban J connectivity index is 1.92. The summed E-state index contributed by atoms with van der Waals surface area (Å²) in [5.74, 6) is -0.0278. The third-order valence-electron chi connectivity index (χ3n) is 3.49. The number of nitrogens with one attached hydrogen (secondary N) is 1. The summed E-state index contributed by atoms with van der Waals surface area (Å²) in [5.41, 5.74) is 10.4. The maximum atomic E-state index is 11.9. The van der Waals surface area contributed by atoms with Crippen molar-refractivity contribution < 1.29 is 4.79 Å². The molecule has 20 heavy (non-hydrogen) atoms. The number of nitrogens with zero attached hydrogens (tertiary/aromatic N) is 2. The second kappa shape index (κ2) is 5.77. The first-order chi connectivity index (χ1) is 9.47. The molecule has 106 valence electrons. The van der Waals surface area contributed by atoms with Crippen molar-refractivity contribution in [3.05, 3.63) is 41.2 Å². The van der Waals surface area contributed by atoms with Crippen LogP contribution in [0.5, 0.6) is 0 Å². The van der Waals surface area contributed by atoms with Crippen LogP contribution in [-0.2, 0) is 11.3 Å². The molecule has 0 bridgehead atoms. The van der Waals surface area contributed by atoms with Gasteiger partial charge in [-0.2, -0.15) is 5.10 Å². The Morgan fingerprint density at radius 2 is 1.90 bits per heavy atom. The van der Waals surface area contributed by atoms with Gasteiger partial charge in [0.25, 0.3) is 0 Å². The molecule has 0 aliphatic carbocycles. The molecule has 0 saturated carbocycles. The lowest BCUT2D eigenvalue weighted by molar-refractivity contribution is -0.116. The number of rotatable bonds is 4. The quantitative estimate of drug-likeness (QED) is 0.839. The van der Waals surface area contributed by atoms with Gasteiger partial charge in [-0.25, -0.2) is 0 Å². The summed E-state index contributed by atoms with van der Waals surface area (Å²) in [5, 5.41) is 7.27. The highest BCUT2D eigenvalue weighted by molar-refractivity contribution is 5.90. The van der Waals surface area contributed by atoms with Crippen molar-refractivity contribution in [2.24, 2.45) is 0 Å². The Morgan fingerprint density at radius 3 is 2.45 bits per heavy atom. The number of anilines is 2. The minimum absolute atomic E-state index is 0.0278. The van der Waals surface area contributed by atoms with Crippen molar-refractivity contribution in [1.29, 1.82) is 0 Å². The van der Waals surface area contributed by atoms with Gasteiger partial charge >= 0.3 is 0 Å². The van der Waals surface area contributed by atoms with E-state index >= 15 is 0 Å². The van der Waals surface area contributed by atoms with Crippen LogP contribution in [0.1, 0.15) is 23.4 Å². The lowest BCUT2D eigenvalue weighted by Gasteiger charge is -2.07. The molecule has 1 amide bonds. The summed E-state index contributed by atoms with van der Waals surface area (Å²) < 4.78 is 1.88. The van der Waals surface area contributed by atoms with Gasteiger partial charge < -0.3 is 11.1 Å². The number of benzene rings is 1. The van der Waals surface area contributed by atoms with Crippen LogP contribution < -0.4 is 11.1 Å². The molecule has 2 rings (SSSR count). The molecule has 1 aromatic heterocycles. The molecule has 0 atom stereocenters. The van der Waals surface area contributed by atoms with Crippen molar-refractivity contribution >= 4 is 17.3 Å². The molecule has 5 heteroatoms. The lowest BCUT2D eigenvalue weighted by atomic mass is 10.2. The van der Waals surface area contributed by atoms with E-state index < -0.39 is 0 Å². The van der Waals surface area contributed by atoms with Crippen LogP contribution in [-0.4, -0.2) is 15.7 Å². The highest BCUT2D eigenvalue weighted by Gasteiger charge is 2.09. The number of aromatic nitrogens is 2. The summed E-state index contributed by atoms with van der Waals surface area (Å²) in [6, 6.07) is 7.11. The maximum Gasteiger partial charge on any atom is 0.226 e. The van der Waals surface area contributed by atoms with E-state index in [1.165, 1.54) is 5.56 Å². The maximum absolute atomic E-state index is 11.9. The van der Waals surface area contributed by atoms with Crippen LogP contribution in [0.25, 0.3) is 0 Å². The molecule has 0 aliphatic heterocycles. The number of amides is 1. The zero-order valence-corrected chi connectivity index (χ0v) is 12.1. The number of hydrogen-bond donors (Lipinski definition) is 2. The molecule has 0 aliphatic rings. The topological polar surface area (TPSA) is 72.9 Å². The minimum atomic E-state index is -0.0278. The Labute approximate surface area is 118 Å². The molecule has 0 spiro atoms. The average Bonchev–Trinajstić information content (AvgIpc) is 2.66. The first kappa shape index (κ1) is 14.1. The minimum Gasteiger partial charge on any atom is -0.399 e. The molecular formula is C15H20N4O. The number of carbonyl (C=O) groups is 1. The number of hydrogen-bond acceptors (Lipinski definition) is 3. The van der Waals surface area contributed by atoms with Crippen LogP contribution in [0, 0.1) is 20.8 Å². The summed E-state index contributed by atoms with van der Waals surface area (Å²) in [6.07, 6.45) is 0.395. The van der Waals surface area contributed by atoms with Gasteiger partial charge in [0.1, 0.15) is 0 Å². The number of aryl methyl sites for hydroxylation is 2. The third-order valence-corrected chi connectivity index (χ3v) is 3.49. The number of carbonyl (C=O) groups excluding carboxylic acids is 1. The Morgan fingerprint density at radius 1 is 1.25 bits per heavy atom. The number of nitrogen functional groups attached to an aromatic ring is 1. The van der Waals surface area contributed by atoms with Crippen LogP contribution >= 0.6 is 0 Å². The Bertz CT molecular complexity index is 614. The van der Waals surface area contributed by atoms with Crippen molar-refractivity contribution in [2.45, 2.75) is 33.7 Å². The predicted octanol–water partition coefficient (Wildman–Crippen LogP) is 2.42. The van der Waals surface area contributed by atoms with Crippen LogP contribution in [0.2, 0.25) is 0 Å². The van der Waals surface area contributed by atoms with Crippen LogP contribution in [0.4, 0.5) is 11.4 Å². The van der Waals surface area contributed by atoms with E-state index in [0.29, 0.717) is 18.7 Å². The molecule has 0 fully saturated rings. The van der Waals surface area contributed by atoms with E-state index in [-0.39, 0.29) is 5.91 Å². The lowest BCUT2D eigenvalue weighted by Crippen LogP contribution is -2.15. The van der Waals surface area contributed by atoms with Crippen molar-refractivity contribution in [3.8, 4) is 0 Å². The fourth-order valence-electron chi connectivity index (χ4n) is 2.00. The Kier molecular flexibility index (Phi) is 4.08. The van der Waals surface area contributed by atoms with Crippen molar-refractivity contribution in [1.82, 2.24) is 9.78 Å². The summed E-state index contributed by atoms with van der Waals surface area (Å²) in [4.78, 5) is 11.9. The monoisotopic (exact) mass is 272 g/mol. The van der Waals surface area contributed by atoms with Crippen LogP contribution in [0.3, 0.4) is 0 Å². The van der Waals surface area contributed by atoms with Gasteiger partial charge in [-0.05, 0) is 50.6 Å². The first-order valence-electron chi connectivity index (χ1n) is 6.63. The first-order valence-corrected chi connectivity index (χ1v) is 6.63. The van der Waals surface area contributed by atoms with Crippen molar-refractivity contribution in [3.63, 3.8) is 0 Å². The molecule has 0 radical (unpaired) electrons. The molecule has 1 aromatic carbocycles. The predicted molar refractivity (Wildman–Crippen MR) is 80.5 cm³/mol. The second-order valence-electron chi connectivity index (χ2n) is 4.94. The number of nitrogens with two attached hydrogens (primary N) is 1. The van der Waals surface area contributed by atoms with E-state index in [0.717, 1.165) is 17.1 Å². The molecule has 1 heterocycles. The van der Waals surface area contributed by atoms with E-state index in [9.17, 15) is 4.79 Å². The fourth-order valence-corrected chi connectivity index (χ4v) is 2.00. The standard InChI is InChI=1S/C15H20N4O/c1-10-11(2)18-19(12(10)3)9-8-15(20)17-14-6-4-13(16)5-7-14/h4-7H,8-9,16H2,1-3H3,(H,17,20). The van der Waals surface area contributed by atoms with E-state index in [1.54, 1.807) is 24.3 Å². The van der Waals surface area contributed by atoms with Crippen molar-refractivity contribution in [2.75, 3.05) is 11.1 Å². The Hall–Kier alpha value is -2.30.